The van der Waals surface area contributed by atoms with Crippen molar-refractivity contribution >= 4 is 40.0 Å². The molecule has 1 saturated heterocycles. The van der Waals surface area contributed by atoms with Crippen LogP contribution >= 0.6 is 11.6 Å². The Morgan fingerprint density at radius 3 is 2.54 bits per heavy atom. The SMILES string of the molecule is O=C(Cn1nc(C(=O)N2CCOCC2)c2ccccc21)Nc1ccc(Cl)cc1. The normalized spacial score (nSPS) is 14.2. The number of morpholine rings is 1. The van der Waals surface area contributed by atoms with Crippen LogP contribution in [0.3, 0.4) is 0 Å². The molecule has 1 aliphatic heterocycles. The molecule has 1 fully saturated rings. The summed E-state index contributed by atoms with van der Waals surface area (Å²) in [6, 6.07) is 14.3. The van der Waals surface area contributed by atoms with Gasteiger partial charge in [-0.2, -0.15) is 5.10 Å². The maximum Gasteiger partial charge on any atom is 0.275 e. The summed E-state index contributed by atoms with van der Waals surface area (Å²) in [5.41, 5.74) is 1.75. The van der Waals surface area contributed by atoms with Gasteiger partial charge >= 0.3 is 0 Å². The van der Waals surface area contributed by atoms with E-state index in [1.54, 1.807) is 33.8 Å². The van der Waals surface area contributed by atoms with Crippen LogP contribution in [0, 0.1) is 0 Å². The van der Waals surface area contributed by atoms with E-state index >= 15 is 0 Å². The first kappa shape index (κ1) is 18.5. The highest BCUT2D eigenvalue weighted by Crippen LogP contribution is 2.21. The number of ether oxygens (including phenoxy) is 1. The molecule has 0 aliphatic carbocycles. The van der Waals surface area contributed by atoms with Crippen LogP contribution in [-0.2, 0) is 16.1 Å². The number of amides is 2. The van der Waals surface area contributed by atoms with Crippen molar-refractivity contribution in [1.29, 1.82) is 0 Å². The highest BCUT2D eigenvalue weighted by Gasteiger charge is 2.24. The van der Waals surface area contributed by atoms with Crippen LogP contribution in [0.5, 0.6) is 0 Å². The Morgan fingerprint density at radius 1 is 1.07 bits per heavy atom. The number of carbonyl (C=O) groups excluding carboxylic acids is 2. The zero-order valence-corrected chi connectivity index (χ0v) is 15.9. The molecule has 2 amide bonds. The summed E-state index contributed by atoms with van der Waals surface area (Å²) in [7, 11) is 0. The number of hydrogen-bond donors (Lipinski definition) is 1. The second-order valence-corrected chi connectivity index (χ2v) is 6.92. The van der Waals surface area contributed by atoms with Gasteiger partial charge in [0, 0.05) is 29.2 Å². The molecule has 4 rings (SSSR count). The van der Waals surface area contributed by atoms with Gasteiger partial charge in [-0.15, -0.1) is 0 Å². The van der Waals surface area contributed by atoms with Crippen LogP contribution in [0.2, 0.25) is 5.02 Å². The summed E-state index contributed by atoms with van der Waals surface area (Å²) in [6.45, 7) is 2.12. The Balaban J connectivity index is 1.58. The minimum atomic E-state index is -0.235. The third-order valence-corrected chi connectivity index (χ3v) is 4.83. The Bertz CT molecular complexity index is 1010. The van der Waals surface area contributed by atoms with Gasteiger partial charge in [0.2, 0.25) is 5.91 Å². The van der Waals surface area contributed by atoms with Crippen LogP contribution in [0.4, 0.5) is 5.69 Å². The minimum absolute atomic E-state index is 0.000465. The van der Waals surface area contributed by atoms with E-state index < -0.39 is 0 Å². The highest BCUT2D eigenvalue weighted by molar-refractivity contribution is 6.30. The molecule has 144 valence electrons. The molecule has 28 heavy (non-hydrogen) atoms. The first-order valence-electron chi connectivity index (χ1n) is 9.00. The fraction of sp³-hybridized carbons (Fsp3) is 0.250. The van der Waals surface area contributed by atoms with Crippen molar-refractivity contribution in [2.45, 2.75) is 6.54 Å². The number of hydrogen-bond acceptors (Lipinski definition) is 4. The third-order valence-electron chi connectivity index (χ3n) is 4.58. The molecular weight excluding hydrogens is 380 g/mol. The monoisotopic (exact) mass is 398 g/mol. The zero-order valence-electron chi connectivity index (χ0n) is 15.1. The first-order chi connectivity index (χ1) is 13.6. The quantitative estimate of drug-likeness (QED) is 0.733. The maximum atomic E-state index is 12.9. The molecule has 0 spiro atoms. The summed E-state index contributed by atoms with van der Waals surface area (Å²) in [4.78, 5) is 27.1. The van der Waals surface area contributed by atoms with Crippen molar-refractivity contribution in [1.82, 2.24) is 14.7 Å². The lowest BCUT2D eigenvalue weighted by Crippen LogP contribution is -2.41. The molecule has 0 radical (unpaired) electrons. The van der Waals surface area contributed by atoms with E-state index in [1.165, 1.54) is 0 Å². The Morgan fingerprint density at radius 2 is 1.79 bits per heavy atom. The minimum Gasteiger partial charge on any atom is -0.378 e. The van der Waals surface area contributed by atoms with Gasteiger partial charge in [-0.05, 0) is 30.3 Å². The van der Waals surface area contributed by atoms with Gasteiger partial charge in [-0.25, -0.2) is 0 Å². The van der Waals surface area contributed by atoms with E-state index in [0.717, 1.165) is 10.9 Å². The van der Waals surface area contributed by atoms with E-state index in [2.05, 4.69) is 10.4 Å². The molecule has 0 unspecified atom stereocenters. The van der Waals surface area contributed by atoms with Crippen LogP contribution in [0.25, 0.3) is 10.9 Å². The number of halogens is 1. The van der Waals surface area contributed by atoms with E-state index in [4.69, 9.17) is 16.3 Å². The first-order valence-corrected chi connectivity index (χ1v) is 9.37. The molecule has 3 aromatic rings. The number of aromatic nitrogens is 2. The lowest BCUT2D eigenvalue weighted by atomic mass is 10.2. The molecule has 2 aromatic carbocycles. The number of nitrogens with one attached hydrogen (secondary N) is 1. The molecule has 0 bridgehead atoms. The molecule has 0 saturated carbocycles. The standard InChI is InChI=1S/C20H19ClN4O3/c21-14-5-7-15(8-6-14)22-18(26)13-25-17-4-2-1-3-16(17)19(23-25)20(27)24-9-11-28-12-10-24/h1-8H,9-13H2,(H,22,26). The topological polar surface area (TPSA) is 76.5 Å². The smallest absolute Gasteiger partial charge is 0.275 e. The van der Waals surface area contributed by atoms with E-state index in [1.807, 2.05) is 24.3 Å². The number of carbonyl (C=O) groups is 2. The van der Waals surface area contributed by atoms with Gasteiger partial charge in [-0.3, -0.25) is 14.3 Å². The second-order valence-electron chi connectivity index (χ2n) is 6.48. The number of fused-ring (bicyclic) bond motifs is 1. The number of para-hydroxylation sites is 1. The van der Waals surface area contributed by atoms with E-state index in [9.17, 15) is 9.59 Å². The fourth-order valence-corrected chi connectivity index (χ4v) is 3.32. The molecule has 2 heterocycles. The number of nitrogens with zero attached hydrogens (tertiary/aromatic N) is 3. The molecule has 0 atom stereocenters. The van der Waals surface area contributed by atoms with Gasteiger partial charge in [0.05, 0.1) is 18.7 Å². The van der Waals surface area contributed by atoms with Gasteiger partial charge in [0.1, 0.15) is 6.54 Å². The lowest BCUT2D eigenvalue weighted by molar-refractivity contribution is -0.116. The zero-order chi connectivity index (χ0) is 19.5. The fourth-order valence-electron chi connectivity index (χ4n) is 3.19. The summed E-state index contributed by atoms with van der Waals surface area (Å²) in [5, 5.41) is 8.61. The predicted molar refractivity (Wildman–Crippen MR) is 107 cm³/mol. The van der Waals surface area contributed by atoms with Crippen molar-refractivity contribution < 1.29 is 14.3 Å². The number of benzene rings is 2. The van der Waals surface area contributed by atoms with Crippen molar-refractivity contribution in [3.63, 3.8) is 0 Å². The van der Waals surface area contributed by atoms with Gasteiger partial charge < -0.3 is 15.0 Å². The third kappa shape index (κ3) is 3.85. The van der Waals surface area contributed by atoms with Crippen molar-refractivity contribution in [2.24, 2.45) is 0 Å². The van der Waals surface area contributed by atoms with Crippen molar-refractivity contribution in [3.05, 3.63) is 59.2 Å². The van der Waals surface area contributed by atoms with Gasteiger partial charge in [0.25, 0.3) is 5.91 Å². The Labute approximate surface area is 166 Å². The highest BCUT2D eigenvalue weighted by atomic mass is 35.5. The summed E-state index contributed by atoms with van der Waals surface area (Å²) in [5.74, 6) is -0.377. The lowest BCUT2D eigenvalue weighted by Gasteiger charge is -2.26. The van der Waals surface area contributed by atoms with Gasteiger partial charge in [0.15, 0.2) is 5.69 Å². The van der Waals surface area contributed by atoms with Gasteiger partial charge in [-0.1, -0.05) is 29.8 Å². The van der Waals surface area contributed by atoms with E-state index in [-0.39, 0.29) is 18.4 Å². The van der Waals surface area contributed by atoms with Crippen LogP contribution in [0.15, 0.2) is 48.5 Å². The molecular formula is C20H19ClN4O3. The van der Waals surface area contributed by atoms with Crippen molar-refractivity contribution in [3.8, 4) is 0 Å². The van der Waals surface area contributed by atoms with Crippen LogP contribution in [-0.4, -0.2) is 52.8 Å². The van der Waals surface area contributed by atoms with Crippen LogP contribution in [0.1, 0.15) is 10.5 Å². The van der Waals surface area contributed by atoms with Crippen molar-refractivity contribution in [2.75, 3.05) is 31.6 Å². The summed E-state index contributed by atoms with van der Waals surface area (Å²) < 4.78 is 6.88. The molecule has 7 nitrogen and oxygen atoms in total. The summed E-state index contributed by atoms with van der Waals surface area (Å²) in [6.07, 6.45) is 0. The second kappa shape index (κ2) is 8.00. The van der Waals surface area contributed by atoms with Crippen LogP contribution < -0.4 is 5.32 Å². The molecule has 1 aliphatic rings. The Kier molecular flexibility index (Phi) is 5.27. The Hall–Kier alpha value is -2.90. The summed E-state index contributed by atoms with van der Waals surface area (Å²) >= 11 is 5.87. The largest absolute Gasteiger partial charge is 0.378 e. The average Bonchev–Trinajstić information content (AvgIpc) is 3.08. The number of anilines is 1. The maximum absolute atomic E-state index is 12.9. The average molecular weight is 399 g/mol. The molecule has 1 aromatic heterocycles. The molecule has 1 N–H and O–H groups in total. The van der Waals surface area contributed by atoms with E-state index in [0.29, 0.717) is 42.7 Å². The molecule has 8 heteroatoms. The predicted octanol–water partition coefficient (Wildman–Crippen LogP) is 2.80. The number of rotatable bonds is 4.